The van der Waals surface area contributed by atoms with Crippen LogP contribution in [0.2, 0.25) is 0 Å². The summed E-state index contributed by atoms with van der Waals surface area (Å²) in [7, 11) is 0. The molecule has 0 bridgehead atoms. The second-order valence-electron chi connectivity index (χ2n) is 7.70. The zero-order valence-electron chi connectivity index (χ0n) is 17.5. The van der Waals surface area contributed by atoms with Gasteiger partial charge in [-0.15, -0.1) is 0 Å². The lowest BCUT2D eigenvalue weighted by molar-refractivity contribution is -0.192. The van der Waals surface area contributed by atoms with Gasteiger partial charge in [0, 0.05) is 20.0 Å². The summed E-state index contributed by atoms with van der Waals surface area (Å²) in [6.07, 6.45) is -1.87. The molecule has 31 heavy (non-hydrogen) atoms. The summed E-state index contributed by atoms with van der Waals surface area (Å²) in [5, 5.41) is 10.6. The number of benzene rings is 1. The SMILES string of the molecule is CC(=O)N1CCOC[C@]2(CC[C@H](CNCCc3ccccc3)O2)C1.O=C(O)C(F)(F)F. The number of nitrogens with one attached hydrogen (secondary N) is 1. The number of amides is 1. The third kappa shape index (κ3) is 8.47. The van der Waals surface area contributed by atoms with E-state index in [1.165, 1.54) is 5.56 Å². The number of carboxylic acid groups (broad SMARTS) is 1. The maximum Gasteiger partial charge on any atom is 0.490 e. The predicted octanol–water partition coefficient (Wildman–Crippen LogP) is 2.25. The summed E-state index contributed by atoms with van der Waals surface area (Å²) < 4.78 is 43.8. The third-order valence-electron chi connectivity index (χ3n) is 5.18. The molecule has 1 spiro atoms. The van der Waals surface area contributed by atoms with Crippen molar-refractivity contribution in [2.75, 3.05) is 39.4 Å². The van der Waals surface area contributed by atoms with E-state index < -0.39 is 12.1 Å². The molecule has 1 aromatic carbocycles. The van der Waals surface area contributed by atoms with Crippen LogP contribution in [-0.4, -0.2) is 79.2 Å². The highest BCUT2D eigenvalue weighted by Gasteiger charge is 2.43. The van der Waals surface area contributed by atoms with Crippen molar-refractivity contribution < 1.29 is 37.3 Å². The summed E-state index contributed by atoms with van der Waals surface area (Å²) in [6.45, 7) is 5.95. The standard InChI is InChI=1S/C19H28N2O3.C2HF3O2/c1-16(22)21-11-12-23-15-19(14-21)9-7-18(24-19)13-20-10-8-17-5-3-2-4-6-17;3-2(4,5)1(6)7/h2-6,18,20H,7-15H2,1H3;(H,6,7)/t18-,19+;/m1./s1. The van der Waals surface area contributed by atoms with Crippen molar-refractivity contribution >= 4 is 11.9 Å². The van der Waals surface area contributed by atoms with Crippen LogP contribution in [0.4, 0.5) is 13.2 Å². The highest BCUT2D eigenvalue weighted by Crippen LogP contribution is 2.32. The van der Waals surface area contributed by atoms with Gasteiger partial charge in [-0.2, -0.15) is 13.2 Å². The Morgan fingerprint density at radius 1 is 1.29 bits per heavy atom. The zero-order valence-corrected chi connectivity index (χ0v) is 17.5. The molecule has 0 unspecified atom stereocenters. The lowest BCUT2D eigenvalue weighted by Gasteiger charge is -2.31. The quantitative estimate of drug-likeness (QED) is 0.675. The van der Waals surface area contributed by atoms with Crippen LogP contribution in [0.5, 0.6) is 0 Å². The summed E-state index contributed by atoms with van der Waals surface area (Å²) in [5.74, 6) is -2.65. The van der Waals surface area contributed by atoms with Gasteiger partial charge in [0.25, 0.3) is 0 Å². The van der Waals surface area contributed by atoms with E-state index >= 15 is 0 Å². The molecular formula is C21H29F3N2O5. The Labute approximate surface area is 179 Å². The molecule has 174 valence electrons. The maximum absolute atomic E-state index is 11.7. The monoisotopic (exact) mass is 446 g/mol. The number of hydrogen-bond acceptors (Lipinski definition) is 5. The predicted molar refractivity (Wildman–Crippen MR) is 107 cm³/mol. The molecule has 1 aromatic rings. The first-order valence-electron chi connectivity index (χ1n) is 10.2. The molecule has 3 rings (SSSR count). The number of ether oxygens (including phenoxy) is 2. The number of nitrogens with zero attached hydrogens (tertiary/aromatic N) is 1. The summed E-state index contributed by atoms with van der Waals surface area (Å²) >= 11 is 0. The van der Waals surface area contributed by atoms with Crippen LogP contribution < -0.4 is 5.32 Å². The van der Waals surface area contributed by atoms with E-state index in [1.54, 1.807) is 6.92 Å². The molecule has 2 aliphatic rings. The Balaban J connectivity index is 0.000000423. The van der Waals surface area contributed by atoms with E-state index in [0.29, 0.717) is 26.3 Å². The van der Waals surface area contributed by atoms with E-state index in [0.717, 1.165) is 32.4 Å². The molecule has 2 atom stereocenters. The van der Waals surface area contributed by atoms with Crippen LogP contribution in [0.1, 0.15) is 25.3 Å². The molecular weight excluding hydrogens is 417 g/mol. The zero-order chi connectivity index (χ0) is 22.9. The van der Waals surface area contributed by atoms with Crippen LogP contribution in [0, 0.1) is 0 Å². The van der Waals surface area contributed by atoms with Crippen LogP contribution in [0.3, 0.4) is 0 Å². The van der Waals surface area contributed by atoms with Crippen molar-refractivity contribution in [3.63, 3.8) is 0 Å². The second kappa shape index (κ2) is 11.4. The molecule has 1 amide bonds. The molecule has 0 aromatic heterocycles. The molecule has 7 nitrogen and oxygen atoms in total. The Kier molecular flexibility index (Phi) is 9.27. The first-order valence-corrected chi connectivity index (χ1v) is 10.2. The average molecular weight is 446 g/mol. The van der Waals surface area contributed by atoms with Crippen LogP contribution >= 0.6 is 0 Å². The molecule has 10 heteroatoms. The van der Waals surface area contributed by atoms with Gasteiger partial charge < -0.3 is 24.8 Å². The largest absolute Gasteiger partial charge is 0.490 e. The lowest BCUT2D eigenvalue weighted by Crippen LogP contribution is -2.46. The van der Waals surface area contributed by atoms with Gasteiger partial charge in [-0.05, 0) is 31.4 Å². The number of rotatable bonds is 5. The molecule has 0 saturated carbocycles. The first-order chi connectivity index (χ1) is 14.6. The van der Waals surface area contributed by atoms with E-state index in [1.807, 2.05) is 11.0 Å². The minimum Gasteiger partial charge on any atom is -0.475 e. The summed E-state index contributed by atoms with van der Waals surface area (Å²) in [6, 6.07) is 10.5. The van der Waals surface area contributed by atoms with Crippen LogP contribution in [0.15, 0.2) is 30.3 Å². The second-order valence-corrected chi connectivity index (χ2v) is 7.70. The topological polar surface area (TPSA) is 88.1 Å². The third-order valence-corrected chi connectivity index (χ3v) is 5.18. The van der Waals surface area contributed by atoms with Gasteiger partial charge in [-0.25, -0.2) is 4.79 Å². The number of carboxylic acids is 1. The highest BCUT2D eigenvalue weighted by atomic mass is 19.4. The Bertz CT molecular complexity index is 717. The fourth-order valence-corrected chi connectivity index (χ4v) is 3.58. The Morgan fingerprint density at radius 2 is 1.97 bits per heavy atom. The highest BCUT2D eigenvalue weighted by molar-refractivity contribution is 5.73. The van der Waals surface area contributed by atoms with Gasteiger partial charge >= 0.3 is 12.1 Å². The average Bonchev–Trinajstić information content (AvgIpc) is 2.97. The minimum absolute atomic E-state index is 0.105. The van der Waals surface area contributed by atoms with Gasteiger partial charge in [-0.1, -0.05) is 30.3 Å². The molecule has 2 fully saturated rings. The smallest absolute Gasteiger partial charge is 0.475 e. The lowest BCUT2D eigenvalue weighted by atomic mass is 10.00. The van der Waals surface area contributed by atoms with E-state index in [-0.39, 0.29) is 17.6 Å². The van der Waals surface area contributed by atoms with Crippen molar-refractivity contribution in [3.05, 3.63) is 35.9 Å². The maximum atomic E-state index is 11.7. The Morgan fingerprint density at radius 3 is 2.58 bits per heavy atom. The fourth-order valence-electron chi connectivity index (χ4n) is 3.58. The molecule has 2 heterocycles. The normalized spacial score (nSPS) is 23.7. The minimum atomic E-state index is -5.08. The molecule has 2 N–H and O–H groups in total. The summed E-state index contributed by atoms with van der Waals surface area (Å²) in [5.41, 5.74) is 1.04. The number of carbonyl (C=O) groups excluding carboxylic acids is 1. The molecule has 2 aliphatic heterocycles. The van der Waals surface area contributed by atoms with Crippen molar-refractivity contribution in [1.82, 2.24) is 10.2 Å². The van der Waals surface area contributed by atoms with Gasteiger partial charge in [0.1, 0.15) is 5.60 Å². The van der Waals surface area contributed by atoms with Crippen molar-refractivity contribution in [2.24, 2.45) is 0 Å². The van der Waals surface area contributed by atoms with E-state index in [4.69, 9.17) is 19.4 Å². The van der Waals surface area contributed by atoms with E-state index in [9.17, 15) is 18.0 Å². The van der Waals surface area contributed by atoms with Crippen LogP contribution in [-0.2, 0) is 25.5 Å². The molecule has 0 aliphatic carbocycles. The van der Waals surface area contributed by atoms with Crippen LogP contribution in [0.25, 0.3) is 0 Å². The number of alkyl halides is 3. The van der Waals surface area contributed by atoms with E-state index in [2.05, 4.69) is 29.6 Å². The molecule has 0 radical (unpaired) electrons. The van der Waals surface area contributed by atoms with Crippen molar-refractivity contribution in [2.45, 2.75) is 44.1 Å². The number of halogens is 3. The van der Waals surface area contributed by atoms with Crippen molar-refractivity contribution in [1.29, 1.82) is 0 Å². The number of aliphatic carboxylic acids is 1. The van der Waals surface area contributed by atoms with Crippen molar-refractivity contribution in [3.8, 4) is 0 Å². The Hall–Kier alpha value is -2.17. The summed E-state index contributed by atoms with van der Waals surface area (Å²) in [4.78, 5) is 22.5. The molecule has 2 saturated heterocycles. The van der Waals surface area contributed by atoms with Gasteiger partial charge in [0.15, 0.2) is 0 Å². The van der Waals surface area contributed by atoms with Gasteiger partial charge in [0.2, 0.25) is 5.91 Å². The first kappa shape index (κ1) is 25.1. The van der Waals surface area contributed by atoms with Gasteiger partial charge in [-0.3, -0.25) is 4.79 Å². The number of hydrogen-bond donors (Lipinski definition) is 2. The number of carbonyl (C=O) groups is 2. The van der Waals surface area contributed by atoms with Gasteiger partial charge in [0.05, 0.1) is 25.9 Å². The fraction of sp³-hybridized carbons (Fsp3) is 0.619.